The number of rotatable bonds is 4. The number of hydrogen-bond donors (Lipinski definition) is 2. The molecule has 0 saturated carbocycles. The molecule has 4 rings (SSSR count). The minimum Gasteiger partial charge on any atom is -0.473 e. The van der Waals surface area contributed by atoms with E-state index in [2.05, 4.69) is 4.90 Å². The van der Waals surface area contributed by atoms with Gasteiger partial charge in [-0.25, -0.2) is 18.4 Å². The topological polar surface area (TPSA) is 101 Å². The third-order valence-electron chi connectivity index (χ3n) is 6.35. The number of para-hydroxylation sites is 1. The van der Waals surface area contributed by atoms with E-state index in [4.69, 9.17) is 31.4 Å². The Hall–Kier alpha value is -3.24. The molecule has 2 heterocycles. The molecule has 0 spiro atoms. The molecule has 0 aliphatic carbocycles. The molecule has 0 radical (unpaired) electrons. The van der Waals surface area contributed by atoms with Crippen LogP contribution in [-0.2, 0) is 20.9 Å². The number of hydrogen-bond acceptors (Lipinski definition) is 5. The van der Waals surface area contributed by atoms with Crippen LogP contribution >= 0.6 is 11.6 Å². The number of carbonyl (C=O) groups excluding carboxylic acids is 1. The van der Waals surface area contributed by atoms with E-state index in [1.807, 2.05) is 15.9 Å². The van der Waals surface area contributed by atoms with Crippen LogP contribution in [0.1, 0.15) is 18.4 Å². The lowest BCUT2D eigenvalue weighted by atomic mass is 9.94. The van der Waals surface area contributed by atoms with Crippen molar-refractivity contribution >= 4 is 35.1 Å². The van der Waals surface area contributed by atoms with Crippen molar-refractivity contribution in [2.75, 3.05) is 44.2 Å². The van der Waals surface area contributed by atoms with Gasteiger partial charge in [0.15, 0.2) is 0 Å². The maximum atomic E-state index is 14.0. The molecule has 0 unspecified atom stereocenters. The van der Waals surface area contributed by atoms with Crippen LogP contribution in [0.4, 0.5) is 14.5 Å². The van der Waals surface area contributed by atoms with E-state index in [1.54, 1.807) is 24.3 Å². The van der Waals surface area contributed by atoms with Crippen LogP contribution in [0.2, 0.25) is 5.02 Å². The van der Waals surface area contributed by atoms with Gasteiger partial charge in [-0.15, -0.1) is 0 Å². The molecule has 194 valence electrons. The summed E-state index contributed by atoms with van der Waals surface area (Å²) >= 11 is 6.14. The second-order valence-corrected chi connectivity index (χ2v) is 9.03. The first kappa shape index (κ1) is 27.3. The molecule has 11 heteroatoms. The van der Waals surface area contributed by atoms with Crippen LogP contribution in [0.15, 0.2) is 42.5 Å². The van der Waals surface area contributed by atoms with E-state index in [9.17, 15) is 13.6 Å². The van der Waals surface area contributed by atoms with Crippen molar-refractivity contribution in [3.8, 4) is 0 Å². The summed E-state index contributed by atoms with van der Waals surface area (Å²) in [6.45, 7) is 4.45. The number of nitrogens with zero attached hydrogens (tertiary/aromatic N) is 3. The molecular weight excluding hydrogens is 496 g/mol. The molecule has 2 aromatic carbocycles. The third-order valence-corrected chi connectivity index (χ3v) is 6.70. The zero-order valence-electron chi connectivity index (χ0n) is 19.6. The van der Waals surface area contributed by atoms with Gasteiger partial charge in [-0.3, -0.25) is 9.69 Å². The Morgan fingerprint density at radius 1 is 0.833 bits per heavy atom. The van der Waals surface area contributed by atoms with E-state index in [0.717, 1.165) is 25.9 Å². The van der Waals surface area contributed by atoms with Gasteiger partial charge in [-0.2, -0.15) is 0 Å². The number of carboxylic acids is 2. The standard InChI is InChI=1S/C23H26ClF2N3O.C2H2O4/c24-19-4-3-6-20(25)18(19)16-27-10-8-17(9-11-27)23(30)29-14-12-28(13-15-29)22-7-2-1-5-21(22)26;3-1(4)2(5)6/h1-7,17H,8-16H2;(H,3,4)(H,5,6). The van der Waals surface area contributed by atoms with Crippen LogP contribution in [-0.4, -0.2) is 77.1 Å². The van der Waals surface area contributed by atoms with Gasteiger partial charge in [-0.1, -0.05) is 29.8 Å². The molecule has 0 atom stereocenters. The van der Waals surface area contributed by atoms with Crippen molar-refractivity contribution < 1.29 is 33.4 Å². The van der Waals surface area contributed by atoms with E-state index in [-0.39, 0.29) is 23.5 Å². The summed E-state index contributed by atoms with van der Waals surface area (Å²) in [6, 6.07) is 11.5. The van der Waals surface area contributed by atoms with Crippen molar-refractivity contribution in [2.24, 2.45) is 5.92 Å². The van der Waals surface area contributed by atoms with E-state index in [0.29, 0.717) is 49.0 Å². The highest BCUT2D eigenvalue weighted by Gasteiger charge is 2.31. The van der Waals surface area contributed by atoms with Crippen molar-refractivity contribution in [2.45, 2.75) is 19.4 Å². The fraction of sp³-hybridized carbons (Fsp3) is 0.400. The smallest absolute Gasteiger partial charge is 0.414 e. The van der Waals surface area contributed by atoms with E-state index >= 15 is 0 Å². The third kappa shape index (κ3) is 7.14. The number of amides is 1. The number of halogens is 3. The molecular formula is C25H28ClF2N3O5. The summed E-state index contributed by atoms with van der Waals surface area (Å²) in [6.07, 6.45) is 1.52. The highest BCUT2D eigenvalue weighted by molar-refractivity contribution is 6.31. The van der Waals surface area contributed by atoms with Gasteiger partial charge in [0, 0.05) is 49.2 Å². The van der Waals surface area contributed by atoms with Crippen molar-refractivity contribution in [3.63, 3.8) is 0 Å². The van der Waals surface area contributed by atoms with Gasteiger partial charge < -0.3 is 20.0 Å². The predicted molar refractivity (Wildman–Crippen MR) is 130 cm³/mol. The van der Waals surface area contributed by atoms with Crippen molar-refractivity contribution in [3.05, 3.63) is 64.7 Å². The minimum absolute atomic E-state index is 0.00245. The Labute approximate surface area is 212 Å². The number of aliphatic carboxylic acids is 2. The maximum absolute atomic E-state index is 14.0. The summed E-state index contributed by atoms with van der Waals surface area (Å²) in [4.78, 5) is 37.2. The second kappa shape index (κ2) is 12.6. The Balaban J connectivity index is 0.000000538. The van der Waals surface area contributed by atoms with Gasteiger partial charge in [0.25, 0.3) is 0 Å². The van der Waals surface area contributed by atoms with Gasteiger partial charge in [0.05, 0.1) is 5.69 Å². The Morgan fingerprint density at radius 3 is 1.97 bits per heavy atom. The Bertz CT molecular complexity index is 1050. The molecule has 2 saturated heterocycles. The zero-order valence-corrected chi connectivity index (χ0v) is 20.3. The predicted octanol–water partition coefficient (Wildman–Crippen LogP) is 3.33. The summed E-state index contributed by atoms with van der Waals surface area (Å²) in [5.41, 5.74) is 1.12. The average Bonchev–Trinajstić information content (AvgIpc) is 2.87. The molecule has 36 heavy (non-hydrogen) atoms. The average molecular weight is 524 g/mol. The zero-order chi connectivity index (χ0) is 26.2. The first-order chi connectivity index (χ1) is 17.2. The highest BCUT2D eigenvalue weighted by Crippen LogP contribution is 2.26. The molecule has 2 aromatic rings. The summed E-state index contributed by atoms with van der Waals surface area (Å²) in [7, 11) is 0. The number of anilines is 1. The van der Waals surface area contributed by atoms with Gasteiger partial charge in [-0.05, 0) is 50.2 Å². The lowest BCUT2D eigenvalue weighted by Gasteiger charge is -2.39. The SMILES string of the molecule is O=C(C1CCN(Cc2c(F)cccc2Cl)CC1)N1CCN(c2ccccc2F)CC1.O=C(O)C(=O)O. The Kier molecular flexibility index (Phi) is 9.60. The quantitative estimate of drug-likeness (QED) is 0.593. The largest absolute Gasteiger partial charge is 0.473 e. The van der Waals surface area contributed by atoms with Gasteiger partial charge in [0.1, 0.15) is 11.6 Å². The van der Waals surface area contributed by atoms with Crippen molar-refractivity contribution in [1.82, 2.24) is 9.80 Å². The monoisotopic (exact) mass is 523 g/mol. The molecule has 2 fully saturated rings. The molecule has 0 bridgehead atoms. The van der Waals surface area contributed by atoms with E-state index < -0.39 is 11.9 Å². The second-order valence-electron chi connectivity index (χ2n) is 8.62. The molecule has 2 N–H and O–H groups in total. The minimum atomic E-state index is -1.82. The molecule has 2 aliphatic heterocycles. The number of likely N-dealkylation sites (tertiary alicyclic amines) is 1. The number of benzene rings is 2. The van der Waals surface area contributed by atoms with E-state index in [1.165, 1.54) is 12.1 Å². The normalized spacial score (nSPS) is 16.8. The summed E-state index contributed by atoms with van der Waals surface area (Å²) < 4.78 is 28.0. The lowest BCUT2D eigenvalue weighted by Crippen LogP contribution is -2.51. The van der Waals surface area contributed by atoms with Gasteiger partial charge >= 0.3 is 11.9 Å². The molecule has 1 amide bonds. The van der Waals surface area contributed by atoms with Gasteiger partial charge in [0.2, 0.25) is 5.91 Å². The first-order valence-corrected chi connectivity index (χ1v) is 11.9. The lowest BCUT2D eigenvalue weighted by molar-refractivity contribution is -0.159. The fourth-order valence-electron chi connectivity index (χ4n) is 4.38. The first-order valence-electron chi connectivity index (χ1n) is 11.6. The van der Waals surface area contributed by atoms with Crippen molar-refractivity contribution in [1.29, 1.82) is 0 Å². The number of carboxylic acid groups (broad SMARTS) is 2. The summed E-state index contributed by atoms with van der Waals surface area (Å²) in [5, 5.41) is 15.2. The molecule has 2 aliphatic rings. The number of carbonyl (C=O) groups is 3. The van der Waals surface area contributed by atoms with Crippen LogP contribution in [0, 0.1) is 17.6 Å². The van der Waals surface area contributed by atoms with Crippen LogP contribution in [0.3, 0.4) is 0 Å². The highest BCUT2D eigenvalue weighted by atomic mass is 35.5. The van der Waals surface area contributed by atoms with Crippen LogP contribution in [0.25, 0.3) is 0 Å². The summed E-state index contributed by atoms with van der Waals surface area (Å²) in [5.74, 6) is -3.97. The van der Waals surface area contributed by atoms with Crippen LogP contribution < -0.4 is 4.90 Å². The fourth-order valence-corrected chi connectivity index (χ4v) is 4.60. The number of piperazine rings is 1. The molecule has 0 aromatic heterocycles. The Morgan fingerprint density at radius 2 is 1.42 bits per heavy atom. The number of piperidine rings is 1. The maximum Gasteiger partial charge on any atom is 0.414 e. The molecule has 8 nitrogen and oxygen atoms in total. The van der Waals surface area contributed by atoms with Crippen LogP contribution in [0.5, 0.6) is 0 Å².